The highest BCUT2D eigenvalue weighted by atomic mass is 19.1. The number of anilines is 3. The van der Waals surface area contributed by atoms with Crippen molar-refractivity contribution < 1.29 is 9.18 Å². The fourth-order valence-corrected chi connectivity index (χ4v) is 3.09. The Bertz CT molecular complexity index is 1170. The number of amides is 1. The lowest BCUT2D eigenvalue weighted by Gasteiger charge is -2.09. The molecule has 4 aromatic rings. The van der Waals surface area contributed by atoms with E-state index in [1.807, 2.05) is 30.3 Å². The van der Waals surface area contributed by atoms with E-state index in [4.69, 9.17) is 0 Å². The molecule has 6 heteroatoms. The van der Waals surface area contributed by atoms with Crippen LogP contribution in [0.4, 0.5) is 21.6 Å². The topological polar surface area (TPSA) is 66.9 Å². The highest BCUT2D eigenvalue weighted by Gasteiger charge is 2.08. The van der Waals surface area contributed by atoms with Crippen molar-refractivity contribution in [3.63, 3.8) is 0 Å². The number of nitrogens with one attached hydrogen (secondary N) is 2. The van der Waals surface area contributed by atoms with Crippen molar-refractivity contribution in [1.29, 1.82) is 0 Å². The van der Waals surface area contributed by atoms with Crippen LogP contribution >= 0.6 is 0 Å². The summed E-state index contributed by atoms with van der Waals surface area (Å²) in [6.45, 7) is 2.09. The number of halogens is 1. The summed E-state index contributed by atoms with van der Waals surface area (Å²) in [4.78, 5) is 12.6. The molecule has 0 saturated heterocycles. The fraction of sp³-hybridized carbons (Fsp3) is 0.0800. The molecular weight excluding hydrogens is 391 g/mol. The maximum atomic E-state index is 13.1. The third-order valence-electron chi connectivity index (χ3n) is 4.82. The summed E-state index contributed by atoms with van der Waals surface area (Å²) in [5, 5.41) is 14.4. The summed E-state index contributed by atoms with van der Waals surface area (Å²) in [5.41, 5.74) is 4.65. The molecule has 0 bridgehead atoms. The van der Waals surface area contributed by atoms with Crippen molar-refractivity contribution in [2.24, 2.45) is 0 Å². The van der Waals surface area contributed by atoms with Crippen LogP contribution in [-0.2, 0) is 6.42 Å². The van der Waals surface area contributed by atoms with Crippen LogP contribution in [-0.4, -0.2) is 16.1 Å². The molecule has 0 aliphatic carbocycles. The SMILES string of the molecule is CCc1ccc(NC(=O)c2cccc(Nc3ccc(-c4ccc(F)cc4)nn3)c2)cc1. The Morgan fingerprint density at radius 3 is 2.32 bits per heavy atom. The molecule has 0 fully saturated rings. The van der Waals surface area contributed by atoms with Crippen LogP contribution in [0.15, 0.2) is 84.9 Å². The summed E-state index contributed by atoms with van der Waals surface area (Å²) >= 11 is 0. The van der Waals surface area contributed by atoms with Gasteiger partial charge in [0.2, 0.25) is 0 Å². The maximum absolute atomic E-state index is 13.1. The number of aromatic nitrogens is 2. The molecular formula is C25H21FN4O. The first-order valence-electron chi connectivity index (χ1n) is 9.98. The molecule has 0 aliphatic rings. The number of hydrogen-bond acceptors (Lipinski definition) is 4. The van der Waals surface area contributed by atoms with Crippen molar-refractivity contribution in [3.8, 4) is 11.3 Å². The van der Waals surface area contributed by atoms with E-state index >= 15 is 0 Å². The van der Waals surface area contributed by atoms with Crippen LogP contribution in [0.5, 0.6) is 0 Å². The van der Waals surface area contributed by atoms with Gasteiger partial charge < -0.3 is 10.6 Å². The van der Waals surface area contributed by atoms with Gasteiger partial charge in [0, 0.05) is 22.5 Å². The third-order valence-corrected chi connectivity index (χ3v) is 4.82. The molecule has 0 atom stereocenters. The monoisotopic (exact) mass is 412 g/mol. The largest absolute Gasteiger partial charge is 0.339 e. The van der Waals surface area contributed by atoms with E-state index in [-0.39, 0.29) is 11.7 Å². The van der Waals surface area contributed by atoms with Gasteiger partial charge in [0.15, 0.2) is 5.82 Å². The van der Waals surface area contributed by atoms with Crippen LogP contribution in [0.1, 0.15) is 22.8 Å². The van der Waals surface area contributed by atoms with E-state index in [9.17, 15) is 9.18 Å². The van der Waals surface area contributed by atoms with Crippen LogP contribution in [0.2, 0.25) is 0 Å². The van der Waals surface area contributed by atoms with E-state index in [2.05, 4.69) is 27.8 Å². The summed E-state index contributed by atoms with van der Waals surface area (Å²) in [5.74, 6) is 0.0566. The lowest BCUT2D eigenvalue weighted by Crippen LogP contribution is -2.12. The molecule has 0 saturated carbocycles. The zero-order chi connectivity index (χ0) is 21.6. The van der Waals surface area contributed by atoms with Crippen LogP contribution in [0, 0.1) is 5.82 Å². The number of aryl methyl sites for hydroxylation is 1. The quantitative estimate of drug-likeness (QED) is 0.417. The zero-order valence-electron chi connectivity index (χ0n) is 17.0. The average Bonchev–Trinajstić information content (AvgIpc) is 2.81. The Hall–Kier alpha value is -4.06. The molecule has 4 rings (SSSR count). The predicted molar refractivity (Wildman–Crippen MR) is 121 cm³/mol. The molecule has 0 aliphatic heterocycles. The molecule has 5 nitrogen and oxygen atoms in total. The van der Waals surface area contributed by atoms with Gasteiger partial charge in [0.25, 0.3) is 5.91 Å². The minimum absolute atomic E-state index is 0.189. The van der Waals surface area contributed by atoms with Crippen LogP contribution in [0.3, 0.4) is 0 Å². The third kappa shape index (κ3) is 5.11. The van der Waals surface area contributed by atoms with Gasteiger partial charge in [-0.25, -0.2) is 4.39 Å². The summed E-state index contributed by atoms with van der Waals surface area (Å²) in [6.07, 6.45) is 0.954. The minimum Gasteiger partial charge on any atom is -0.339 e. The summed E-state index contributed by atoms with van der Waals surface area (Å²) < 4.78 is 13.1. The number of rotatable bonds is 6. The molecule has 1 amide bonds. The van der Waals surface area contributed by atoms with Gasteiger partial charge in [-0.1, -0.05) is 25.1 Å². The molecule has 1 heterocycles. The molecule has 31 heavy (non-hydrogen) atoms. The van der Waals surface area contributed by atoms with Crippen molar-refractivity contribution in [3.05, 3.63) is 102 Å². The Kier molecular flexibility index (Phi) is 5.98. The van der Waals surface area contributed by atoms with E-state index in [0.29, 0.717) is 17.1 Å². The molecule has 3 aromatic carbocycles. The first kappa shape index (κ1) is 20.2. The molecule has 0 radical (unpaired) electrons. The molecule has 1 aromatic heterocycles. The van der Waals surface area contributed by atoms with Crippen LogP contribution in [0.25, 0.3) is 11.3 Å². The number of carbonyl (C=O) groups excluding carboxylic acids is 1. The first-order chi connectivity index (χ1) is 15.1. The Balaban J connectivity index is 1.44. The van der Waals surface area contributed by atoms with Gasteiger partial charge in [-0.2, -0.15) is 0 Å². The van der Waals surface area contributed by atoms with Gasteiger partial charge >= 0.3 is 0 Å². The number of benzene rings is 3. The Morgan fingerprint density at radius 2 is 1.65 bits per heavy atom. The predicted octanol–water partition coefficient (Wildman–Crippen LogP) is 5.84. The van der Waals surface area contributed by atoms with E-state index in [1.165, 1.54) is 17.7 Å². The maximum Gasteiger partial charge on any atom is 0.255 e. The number of hydrogen-bond donors (Lipinski definition) is 2. The second kappa shape index (κ2) is 9.17. The zero-order valence-corrected chi connectivity index (χ0v) is 17.0. The summed E-state index contributed by atoms with van der Waals surface area (Å²) in [7, 11) is 0. The van der Waals surface area contributed by atoms with E-state index in [1.54, 1.807) is 42.5 Å². The number of carbonyl (C=O) groups is 1. The first-order valence-corrected chi connectivity index (χ1v) is 9.98. The molecule has 154 valence electrons. The second-order valence-corrected chi connectivity index (χ2v) is 7.02. The minimum atomic E-state index is -0.295. The van der Waals surface area contributed by atoms with Gasteiger partial charge in [0.1, 0.15) is 5.82 Å². The Labute approximate surface area is 180 Å². The molecule has 2 N–H and O–H groups in total. The van der Waals surface area contributed by atoms with Crippen molar-refractivity contribution in [2.45, 2.75) is 13.3 Å². The Morgan fingerprint density at radius 1 is 0.871 bits per heavy atom. The molecule has 0 unspecified atom stereocenters. The summed E-state index contributed by atoms with van der Waals surface area (Å²) in [6, 6.07) is 24.6. The molecule has 0 spiro atoms. The highest BCUT2D eigenvalue weighted by Crippen LogP contribution is 2.20. The smallest absolute Gasteiger partial charge is 0.255 e. The van der Waals surface area contributed by atoms with Crippen LogP contribution < -0.4 is 10.6 Å². The van der Waals surface area contributed by atoms with Crippen molar-refractivity contribution in [2.75, 3.05) is 10.6 Å². The normalized spacial score (nSPS) is 10.5. The lowest BCUT2D eigenvalue weighted by atomic mass is 10.1. The average molecular weight is 412 g/mol. The van der Waals surface area contributed by atoms with Crippen molar-refractivity contribution in [1.82, 2.24) is 10.2 Å². The lowest BCUT2D eigenvalue weighted by molar-refractivity contribution is 0.102. The van der Waals surface area contributed by atoms with Gasteiger partial charge in [-0.05, 0) is 78.7 Å². The fourth-order valence-electron chi connectivity index (χ4n) is 3.09. The van der Waals surface area contributed by atoms with E-state index in [0.717, 1.165) is 23.4 Å². The van der Waals surface area contributed by atoms with Gasteiger partial charge in [-0.3, -0.25) is 4.79 Å². The standard InChI is InChI=1S/C25H21FN4O/c1-2-17-6-12-21(13-7-17)28-25(31)19-4-3-5-22(16-19)27-24-15-14-23(29-30-24)18-8-10-20(26)11-9-18/h3-16H,2H2,1H3,(H,27,30)(H,28,31). The van der Waals surface area contributed by atoms with Gasteiger partial charge in [0.05, 0.1) is 5.69 Å². The second-order valence-electron chi connectivity index (χ2n) is 7.02. The van der Waals surface area contributed by atoms with Crippen molar-refractivity contribution >= 4 is 23.1 Å². The highest BCUT2D eigenvalue weighted by molar-refractivity contribution is 6.04. The van der Waals surface area contributed by atoms with E-state index < -0.39 is 0 Å². The number of nitrogens with zero attached hydrogens (tertiary/aromatic N) is 2. The van der Waals surface area contributed by atoms with Gasteiger partial charge in [-0.15, -0.1) is 10.2 Å².